The van der Waals surface area contributed by atoms with Gasteiger partial charge < -0.3 is 19.0 Å². The molecule has 5 aromatic rings. The predicted molar refractivity (Wildman–Crippen MR) is 149 cm³/mol. The molecule has 0 aliphatic carbocycles. The molecular formula is C30H27ClFN5O3. The molecule has 0 saturated carbocycles. The topological polar surface area (TPSA) is 85.4 Å². The van der Waals surface area contributed by atoms with E-state index in [0.29, 0.717) is 26.1 Å². The first kappa shape index (κ1) is 25.2. The molecule has 1 N–H and O–H groups in total. The van der Waals surface area contributed by atoms with Crippen molar-refractivity contribution >= 4 is 39.6 Å². The maximum atomic E-state index is 14.1. The zero-order valence-electron chi connectivity index (χ0n) is 21.7. The standard InChI is InChI=1S/C30H27ClFN5O3/c31-22-6-4-18(13-23(22)32)12-19-2-1-3-25-29(19)34-28-17-35(9-10-36(25)28)16-27-33-24-7-5-20(30(38)39)14-26(24)37(27)15-21-8-11-40-21/h1-7,13-14,21H,8-12,15-17H2,(H,38,39)/t21-/m0/s1. The van der Waals surface area contributed by atoms with Crippen molar-refractivity contribution in [1.29, 1.82) is 0 Å². The Labute approximate surface area is 234 Å². The van der Waals surface area contributed by atoms with Crippen LogP contribution in [0.2, 0.25) is 5.02 Å². The summed E-state index contributed by atoms with van der Waals surface area (Å²) < 4.78 is 24.1. The van der Waals surface area contributed by atoms with Crippen LogP contribution in [0, 0.1) is 5.82 Å². The van der Waals surface area contributed by atoms with Crippen LogP contribution in [0.1, 0.15) is 39.6 Å². The van der Waals surface area contributed by atoms with E-state index >= 15 is 0 Å². The number of hydrogen-bond donors (Lipinski definition) is 1. The lowest BCUT2D eigenvalue weighted by atomic mass is 10.0. The van der Waals surface area contributed by atoms with Crippen molar-refractivity contribution in [3.05, 3.63) is 93.8 Å². The number of aromatic carboxylic acids is 1. The van der Waals surface area contributed by atoms with E-state index < -0.39 is 11.8 Å². The summed E-state index contributed by atoms with van der Waals surface area (Å²) in [6.45, 7) is 4.30. The monoisotopic (exact) mass is 559 g/mol. The molecule has 10 heteroatoms. The molecule has 0 radical (unpaired) electrons. The highest BCUT2D eigenvalue weighted by molar-refractivity contribution is 6.30. The van der Waals surface area contributed by atoms with Gasteiger partial charge in [-0.05, 0) is 60.4 Å². The Morgan fingerprint density at radius 3 is 2.75 bits per heavy atom. The summed E-state index contributed by atoms with van der Waals surface area (Å²) in [5.74, 6) is 0.504. The van der Waals surface area contributed by atoms with Gasteiger partial charge in [-0.2, -0.15) is 0 Å². The Kier molecular flexibility index (Phi) is 6.30. The van der Waals surface area contributed by atoms with Gasteiger partial charge in [0.25, 0.3) is 0 Å². The Morgan fingerprint density at radius 1 is 1.10 bits per heavy atom. The van der Waals surface area contributed by atoms with Gasteiger partial charge in [0.1, 0.15) is 17.5 Å². The number of imidazole rings is 2. The first-order chi connectivity index (χ1) is 19.4. The highest BCUT2D eigenvalue weighted by Crippen LogP contribution is 2.28. The summed E-state index contributed by atoms with van der Waals surface area (Å²) in [5.41, 5.74) is 5.76. The van der Waals surface area contributed by atoms with E-state index in [1.54, 1.807) is 24.3 Å². The smallest absolute Gasteiger partial charge is 0.335 e. The van der Waals surface area contributed by atoms with Crippen molar-refractivity contribution in [2.45, 2.75) is 45.1 Å². The van der Waals surface area contributed by atoms with Crippen molar-refractivity contribution < 1.29 is 19.0 Å². The zero-order chi connectivity index (χ0) is 27.4. The van der Waals surface area contributed by atoms with Gasteiger partial charge in [0.15, 0.2) is 0 Å². The summed E-state index contributed by atoms with van der Waals surface area (Å²) in [5, 5.41) is 9.65. The fourth-order valence-corrected chi connectivity index (χ4v) is 5.87. The van der Waals surface area contributed by atoms with Gasteiger partial charge in [-0.15, -0.1) is 0 Å². The van der Waals surface area contributed by atoms with Crippen LogP contribution in [0.4, 0.5) is 4.39 Å². The lowest BCUT2D eigenvalue weighted by Crippen LogP contribution is -2.35. The van der Waals surface area contributed by atoms with E-state index in [9.17, 15) is 14.3 Å². The number of rotatable bonds is 7. The lowest BCUT2D eigenvalue weighted by Gasteiger charge is -2.30. The Bertz CT molecular complexity index is 1780. The van der Waals surface area contributed by atoms with Gasteiger partial charge in [-0.25, -0.2) is 19.2 Å². The van der Waals surface area contributed by atoms with Gasteiger partial charge >= 0.3 is 5.97 Å². The lowest BCUT2D eigenvalue weighted by molar-refractivity contribution is -0.0592. The molecule has 1 atom stereocenters. The quantitative estimate of drug-likeness (QED) is 0.292. The number of ether oxygens (including phenoxy) is 1. The minimum Gasteiger partial charge on any atom is -0.478 e. The third-order valence-electron chi connectivity index (χ3n) is 7.94. The van der Waals surface area contributed by atoms with Crippen molar-refractivity contribution in [2.24, 2.45) is 0 Å². The van der Waals surface area contributed by atoms with Gasteiger partial charge in [0.2, 0.25) is 0 Å². The molecule has 0 unspecified atom stereocenters. The third kappa shape index (κ3) is 4.54. The summed E-state index contributed by atoms with van der Waals surface area (Å²) in [6, 6.07) is 16.2. The Balaban J connectivity index is 1.17. The number of carbonyl (C=O) groups is 1. The molecular weight excluding hydrogens is 533 g/mol. The van der Waals surface area contributed by atoms with Crippen LogP contribution < -0.4 is 0 Å². The second-order valence-electron chi connectivity index (χ2n) is 10.5. The molecule has 0 amide bonds. The summed E-state index contributed by atoms with van der Waals surface area (Å²) in [6.07, 6.45) is 1.66. The second-order valence-corrected chi connectivity index (χ2v) is 10.9. The fourth-order valence-electron chi connectivity index (χ4n) is 5.75. The van der Waals surface area contributed by atoms with Gasteiger partial charge in [-0.1, -0.05) is 29.8 Å². The molecule has 7 rings (SSSR count). The van der Waals surface area contributed by atoms with Crippen LogP contribution in [0.3, 0.4) is 0 Å². The van der Waals surface area contributed by atoms with Crippen LogP contribution in [-0.2, 0) is 37.3 Å². The number of aromatic nitrogens is 4. The number of para-hydroxylation sites is 1. The molecule has 204 valence electrons. The van der Waals surface area contributed by atoms with Crippen LogP contribution >= 0.6 is 11.6 Å². The van der Waals surface area contributed by atoms with Gasteiger partial charge in [-0.3, -0.25) is 4.90 Å². The fraction of sp³-hybridized carbons (Fsp3) is 0.300. The highest BCUT2D eigenvalue weighted by atomic mass is 35.5. The normalized spacial score (nSPS) is 17.3. The average molecular weight is 560 g/mol. The summed E-state index contributed by atoms with van der Waals surface area (Å²) >= 11 is 5.88. The number of hydrogen-bond acceptors (Lipinski definition) is 5. The molecule has 2 aromatic heterocycles. The van der Waals surface area contributed by atoms with Crippen LogP contribution in [0.15, 0.2) is 54.6 Å². The molecule has 8 nitrogen and oxygen atoms in total. The minimum absolute atomic E-state index is 0.114. The van der Waals surface area contributed by atoms with Crippen LogP contribution in [-0.4, -0.2) is 54.3 Å². The third-order valence-corrected chi connectivity index (χ3v) is 8.25. The highest BCUT2D eigenvalue weighted by Gasteiger charge is 2.26. The second kappa shape index (κ2) is 9.99. The molecule has 0 bridgehead atoms. The molecule has 1 fully saturated rings. The van der Waals surface area contributed by atoms with Crippen molar-refractivity contribution in [3.8, 4) is 0 Å². The summed E-state index contributed by atoms with van der Waals surface area (Å²) in [7, 11) is 0. The maximum Gasteiger partial charge on any atom is 0.335 e. The number of carboxylic acids is 1. The number of carboxylic acid groups (broad SMARTS) is 1. The zero-order valence-corrected chi connectivity index (χ0v) is 22.4. The van der Waals surface area contributed by atoms with E-state index in [2.05, 4.69) is 20.1 Å². The average Bonchev–Trinajstić information content (AvgIpc) is 3.45. The van der Waals surface area contributed by atoms with Gasteiger partial charge in [0, 0.05) is 19.7 Å². The van der Waals surface area contributed by atoms with E-state index in [0.717, 1.165) is 71.0 Å². The SMILES string of the molecule is O=C(O)c1ccc2nc(CN3CCn4c(nc5c(Cc6ccc(Cl)c(F)c6)cccc54)C3)n(C[C@@H]3CCO3)c2c1. The van der Waals surface area contributed by atoms with Gasteiger partial charge in [0.05, 0.1) is 58.4 Å². The maximum absolute atomic E-state index is 14.1. The number of benzene rings is 3. The predicted octanol–water partition coefficient (Wildman–Crippen LogP) is 5.27. The van der Waals surface area contributed by atoms with Crippen molar-refractivity contribution in [3.63, 3.8) is 0 Å². The van der Waals surface area contributed by atoms with E-state index in [1.165, 1.54) is 6.07 Å². The molecule has 0 spiro atoms. The first-order valence-corrected chi connectivity index (χ1v) is 13.8. The van der Waals surface area contributed by atoms with Crippen molar-refractivity contribution in [2.75, 3.05) is 13.2 Å². The molecule has 2 aliphatic rings. The summed E-state index contributed by atoms with van der Waals surface area (Å²) in [4.78, 5) is 23.9. The van der Waals surface area contributed by atoms with E-state index in [4.69, 9.17) is 26.3 Å². The Morgan fingerprint density at radius 2 is 1.98 bits per heavy atom. The molecule has 2 aliphatic heterocycles. The molecule has 40 heavy (non-hydrogen) atoms. The number of nitrogens with zero attached hydrogens (tertiary/aromatic N) is 5. The number of halogens is 2. The molecule has 1 saturated heterocycles. The molecule has 3 aromatic carbocycles. The van der Waals surface area contributed by atoms with Crippen LogP contribution in [0.25, 0.3) is 22.1 Å². The largest absolute Gasteiger partial charge is 0.478 e. The van der Waals surface area contributed by atoms with E-state index in [1.807, 2.05) is 18.2 Å². The van der Waals surface area contributed by atoms with Crippen LogP contribution in [0.5, 0.6) is 0 Å². The van der Waals surface area contributed by atoms with E-state index in [-0.39, 0.29) is 16.7 Å². The first-order valence-electron chi connectivity index (χ1n) is 13.4. The number of fused-ring (bicyclic) bond motifs is 4. The Hall–Kier alpha value is -3.79. The minimum atomic E-state index is -0.952. The molecule has 4 heterocycles. The van der Waals surface area contributed by atoms with Crippen molar-refractivity contribution in [1.82, 2.24) is 24.0 Å².